The average Bonchev–Trinajstić information content (AvgIpc) is 2.70. The summed E-state index contributed by atoms with van der Waals surface area (Å²) in [5.41, 5.74) is 1.14. The number of carbonyl (C=O) groups excluding carboxylic acids is 4. The van der Waals surface area contributed by atoms with Gasteiger partial charge in [-0.25, -0.2) is 0 Å². The highest BCUT2D eigenvalue weighted by atomic mass is 16.7. The third-order valence-electron chi connectivity index (χ3n) is 4.88. The topological polar surface area (TPSA) is 114 Å². The summed E-state index contributed by atoms with van der Waals surface area (Å²) < 4.78 is 27.4. The maximum Gasteiger partial charge on any atom is 0.303 e. The van der Waals surface area contributed by atoms with Gasteiger partial charge in [0.1, 0.15) is 12.7 Å². The van der Waals surface area contributed by atoms with Gasteiger partial charge in [0.25, 0.3) is 0 Å². The Hall–Kier alpha value is -2.94. The van der Waals surface area contributed by atoms with Crippen LogP contribution in [-0.4, -0.2) is 61.0 Å². The second-order valence-electron chi connectivity index (χ2n) is 7.62. The van der Waals surface area contributed by atoms with Crippen molar-refractivity contribution in [1.29, 1.82) is 0 Å². The molecule has 2 rings (SSSR count). The highest BCUT2D eigenvalue weighted by Crippen LogP contribution is 2.31. The summed E-state index contributed by atoms with van der Waals surface area (Å²) in [6.07, 6.45) is -2.88. The third-order valence-corrected chi connectivity index (χ3v) is 4.88. The largest absolute Gasteiger partial charge is 0.463 e. The van der Waals surface area contributed by atoms with Crippen molar-refractivity contribution in [3.63, 3.8) is 0 Å². The van der Waals surface area contributed by atoms with Crippen molar-refractivity contribution in [2.24, 2.45) is 0 Å². The fourth-order valence-electron chi connectivity index (χ4n) is 3.70. The minimum absolute atomic E-state index is 0.215. The predicted molar refractivity (Wildman–Crippen MR) is 111 cm³/mol. The Bertz CT molecular complexity index is 792. The van der Waals surface area contributed by atoms with Gasteiger partial charge in [-0.05, 0) is 24.8 Å². The molecule has 0 unspecified atom stereocenters. The zero-order valence-corrected chi connectivity index (χ0v) is 18.8. The molecule has 1 heterocycles. The molecule has 0 bridgehead atoms. The standard InChI is InChI=1S/C23H30O9/c1-14(24)28-13-20-22(30-16(3)26)23(31-17(4)27)21(29-15(2)25)19(32-20)12-8-11-18-9-6-5-7-10-18/h5-7,9-10,19-23H,8,11-13H2,1-4H3/t19-,20+,21-,22-,23+/m0/s1. The number of hydrogen-bond acceptors (Lipinski definition) is 9. The number of aryl methyl sites for hydroxylation is 1. The molecule has 0 spiro atoms. The van der Waals surface area contributed by atoms with E-state index in [1.807, 2.05) is 30.3 Å². The maximum absolute atomic E-state index is 11.8. The fraction of sp³-hybridized carbons (Fsp3) is 0.565. The molecule has 9 nitrogen and oxygen atoms in total. The molecular formula is C23H30O9. The van der Waals surface area contributed by atoms with Crippen molar-refractivity contribution >= 4 is 23.9 Å². The molecule has 0 radical (unpaired) electrons. The number of benzene rings is 1. The van der Waals surface area contributed by atoms with Gasteiger partial charge in [0.05, 0.1) is 6.10 Å². The minimum atomic E-state index is -1.12. The van der Waals surface area contributed by atoms with Gasteiger partial charge in [0, 0.05) is 27.7 Å². The predicted octanol–water partition coefficient (Wildman–Crippen LogP) is 2.13. The lowest BCUT2D eigenvalue weighted by atomic mass is 9.91. The Kier molecular flexibility index (Phi) is 9.64. The molecule has 0 amide bonds. The van der Waals surface area contributed by atoms with Crippen LogP contribution in [0, 0.1) is 0 Å². The van der Waals surface area contributed by atoms with Crippen LogP contribution in [-0.2, 0) is 49.3 Å². The van der Waals surface area contributed by atoms with E-state index in [2.05, 4.69) is 0 Å². The van der Waals surface area contributed by atoms with Gasteiger partial charge in [-0.15, -0.1) is 0 Å². The molecule has 176 valence electrons. The van der Waals surface area contributed by atoms with Crippen molar-refractivity contribution in [1.82, 2.24) is 0 Å². The van der Waals surface area contributed by atoms with Gasteiger partial charge >= 0.3 is 23.9 Å². The summed E-state index contributed by atoms with van der Waals surface area (Å²) in [6.45, 7) is 4.66. The Labute approximate surface area is 187 Å². The second kappa shape index (κ2) is 12.2. The van der Waals surface area contributed by atoms with Crippen molar-refractivity contribution in [3.8, 4) is 0 Å². The van der Waals surface area contributed by atoms with Crippen LogP contribution < -0.4 is 0 Å². The van der Waals surface area contributed by atoms with Crippen LogP contribution in [0.25, 0.3) is 0 Å². The molecule has 1 fully saturated rings. The summed E-state index contributed by atoms with van der Waals surface area (Å²) in [7, 11) is 0. The lowest BCUT2D eigenvalue weighted by Gasteiger charge is -2.44. The fourth-order valence-corrected chi connectivity index (χ4v) is 3.70. The highest BCUT2D eigenvalue weighted by molar-refractivity contribution is 5.68. The molecule has 0 aromatic heterocycles. The Balaban J connectivity index is 2.28. The van der Waals surface area contributed by atoms with Crippen molar-refractivity contribution < 1.29 is 42.9 Å². The molecule has 1 aliphatic heterocycles. The number of ether oxygens (including phenoxy) is 5. The molecule has 1 saturated heterocycles. The van der Waals surface area contributed by atoms with Crippen LogP contribution in [0.5, 0.6) is 0 Å². The Morgan fingerprint density at radius 2 is 1.28 bits per heavy atom. The maximum atomic E-state index is 11.8. The average molecular weight is 450 g/mol. The summed E-state index contributed by atoms with van der Waals surface area (Å²) in [5, 5.41) is 0. The van der Waals surface area contributed by atoms with E-state index in [9.17, 15) is 19.2 Å². The molecular weight excluding hydrogens is 420 g/mol. The summed E-state index contributed by atoms with van der Waals surface area (Å²) in [5.74, 6) is -2.42. The van der Waals surface area contributed by atoms with Crippen molar-refractivity contribution in [3.05, 3.63) is 35.9 Å². The molecule has 32 heavy (non-hydrogen) atoms. The Morgan fingerprint density at radius 3 is 1.81 bits per heavy atom. The molecule has 1 aromatic carbocycles. The second-order valence-corrected chi connectivity index (χ2v) is 7.62. The smallest absolute Gasteiger partial charge is 0.303 e. The zero-order valence-electron chi connectivity index (χ0n) is 18.8. The molecule has 5 atom stereocenters. The van der Waals surface area contributed by atoms with Crippen LogP contribution in [0.15, 0.2) is 30.3 Å². The van der Waals surface area contributed by atoms with E-state index in [-0.39, 0.29) is 6.61 Å². The van der Waals surface area contributed by atoms with Crippen LogP contribution in [0.2, 0.25) is 0 Å². The Morgan fingerprint density at radius 1 is 0.750 bits per heavy atom. The number of hydrogen-bond donors (Lipinski definition) is 0. The first kappa shape index (κ1) is 25.3. The molecule has 1 aliphatic rings. The van der Waals surface area contributed by atoms with E-state index in [0.29, 0.717) is 12.8 Å². The first-order chi connectivity index (χ1) is 15.2. The molecule has 0 N–H and O–H groups in total. The van der Waals surface area contributed by atoms with E-state index in [1.165, 1.54) is 27.7 Å². The van der Waals surface area contributed by atoms with E-state index >= 15 is 0 Å². The molecule has 0 aliphatic carbocycles. The van der Waals surface area contributed by atoms with Crippen LogP contribution in [0.3, 0.4) is 0 Å². The highest BCUT2D eigenvalue weighted by Gasteiger charge is 2.51. The van der Waals surface area contributed by atoms with Crippen LogP contribution in [0.1, 0.15) is 46.1 Å². The number of esters is 4. The van der Waals surface area contributed by atoms with Gasteiger partial charge in [-0.2, -0.15) is 0 Å². The summed E-state index contributed by atoms with van der Waals surface area (Å²) in [6, 6.07) is 9.84. The molecule has 1 aromatic rings. The van der Waals surface area contributed by atoms with E-state index < -0.39 is 54.4 Å². The zero-order chi connectivity index (χ0) is 23.7. The molecule has 0 saturated carbocycles. The lowest BCUT2D eigenvalue weighted by molar-refractivity contribution is -0.253. The van der Waals surface area contributed by atoms with E-state index in [0.717, 1.165) is 12.0 Å². The molecule has 9 heteroatoms. The number of carbonyl (C=O) groups is 4. The third kappa shape index (κ3) is 7.96. The van der Waals surface area contributed by atoms with Gasteiger partial charge in [0.15, 0.2) is 18.3 Å². The monoisotopic (exact) mass is 450 g/mol. The SMILES string of the molecule is CC(=O)OC[C@H]1O[C@@H](CCCc2ccccc2)[C@H](OC(C)=O)[C@@H](OC(C)=O)[C@H]1OC(C)=O. The van der Waals surface area contributed by atoms with Gasteiger partial charge in [-0.3, -0.25) is 19.2 Å². The first-order valence-corrected chi connectivity index (χ1v) is 10.5. The van der Waals surface area contributed by atoms with Crippen LogP contribution >= 0.6 is 0 Å². The van der Waals surface area contributed by atoms with Crippen LogP contribution in [0.4, 0.5) is 0 Å². The normalized spacial score (nSPS) is 24.8. The summed E-state index contributed by atoms with van der Waals surface area (Å²) >= 11 is 0. The van der Waals surface area contributed by atoms with Crippen molar-refractivity contribution in [2.45, 2.75) is 77.5 Å². The quantitative estimate of drug-likeness (QED) is 0.412. The van der Waals surface area contributed by atoms with Gasteiger partial charge in [0.2, 0.25) is 0 Å². The van der Waals surface area contributed by atoms with Gasteiger partial charge in [-0.1, -0.05) is 30.3 Å². The minimum Gasteiger partial charge on any atom is -0.463 e. The van der Waals surface area contributed by atoms with Gasteiger partial charge < -0.3 is 23.7 Å². The van der Waals surface area contributed by atoms with E-state index in [1.54, 1.807) is 0 Å². The van der Waals surface area contributed by atoms with E-state index in [4.69, 9.17) is 23.7 Å². The van der Waals surface area contributed by atoms with Crippen molar-refractivity contribution in [2.75, 3.05) is 6.61 Å². The first-order valence-electron chi connectivity index (χ1n) is 10.5. The summed E-state index contributed by atoms with van der Waals surface area (Å²) in [4.78, 5) is 46.7. The number of rotatable bonds is 9. The lowest BCUT2D eigenvalue weighted by Crippen LogP contribution is -2.62.